The third kappa shape index (κ3) is 5.80. The van der Waals surface area contributed by atoms with Gasteiger partial charge in [-0.25, -0.2) is 8.42 Å². The molecule has 1 atom stereocenters. The van der Waals surface area contributed by atoms with E-state index in [-0.39, 0.29) is 28.9 Å². The molecule has 0 saturated heterocycles. The van der Waals surface area contributed by atoms with E-state index in [1.165, 1.54) is 13.0 Å². The van der Waals surface area contributed by atoms with E-state index >= 15 is 0 Å². The molecule has 1 aromatic carbocycles. The summed E-state index contributed by atoms with van der Waals surface area (Å²) in [6.07, 6.45) is 4.97. The summed E-state index contributed by atoms with van der Waals surface area (Å²) in [6, 6.07) is 4.87. The van der Waals surface area contributed by atoms with E-state index in [0.717, 1.165) is 36.9 Å². The summed E-state index contributed by atoms with van der Waals surface area (Å²) in [5.41, 5.74) is 1.64. The molecule has 0 fully saturated rings. The Balaban J connectivity index is 1.92. The molecule has 0 unspecified atom stereocenters. The fourth-order valence-corrected chi connectivity index (χ4v) is 4.82. The zero-order valence-corrected chi connectivity index (χ0v) is 18.0. The number of sulfone groups is 1. The number of fused-ring (bicyclic) bond motifs is 1. The minimum atomic E-state index is -3.54. The van der Waals surface area contributed by atoms with Gasteiger partial charge in [0.25, 0.3) is 0 Å². The number of carbonyl (C=O) groups is 2. The molecular formula is C21H32N2O4S. The van der Waals surface area contributed by atoms with Crippen LogP contribution in [-0.2, 0) is 25.8 Å². The van der Waals surface area contributed by atoms with E-state index in [1.54, 1.807) is 17.0 Å². The second-order valence-electron chi connectivity index (χ2n) is 7.50. The lowest BCUT2D eigenvalue weighted by Gasteiger charge is -2.16. The third-order valence-corrected chi connectivity index (χ3v) is 7.13. The molecule has 0 saturated carbocycles. The van der Waals surface area contributed by atoms with Crippen molar-refractivity contribution < 1.29 is 18.0 Å². The van der Waals surface area contributed by atoms with Crippen molar-refractivity contribution in [1.82, 2.24) is 5.32 Å². The van der Waals surface area contributed by atoms with Crippen LogP contribution in [0.3, 0.4) is 0 Å². The average Bonchev–Trinajstić information content (AvgIpc) is 3.10. The summed E-state index contributed by atoms with van der Waals surface area (Å²) in [6.45, 7) is 6.94. The smallest absolute Gasteiger partial charge is 0.223 e. The Morgan fingerprint density at radius 1 is 1.25 bits per heavy atom. The lowest BCUT2D eigenvalue weighted by molar-refractivity contribution is -0.121. The SMILES string of the molecule is CCCC[C@@H](CC)CNC(=O)CCS(=O)(=O)c1ccc2c(c1)CCN2C(C)=O. The quantitative estimate of drug-likeness (QED) is 0.645. The summed E-state index contributed by atoms with van der Waals surface area (Å²) in [4.78, 5) is 25.6. The lowest BCUT2D eigenvalue weighted by Crippen LogP contribution is -2.30. The predicted octanol–water partition coefficient (Wildman–Crippen LogP) is 3.09. The number of nitrogens with one attached hydrogen (secondary N) is 1. The molecule has 0 aromatic heterocycles. The van der Waals surface area contributed by atoms with Crippen molar-refractivity contribution in [2.45, 2.75) is 64.2 Å². The summed E-state index contributed by atoms with van der Waals surface area (Å²) in [7, 11) is -3.54. The summed E-state index contributed by atoms with van der Waals surface area (Å²) in [5, 5.41) is 2.88. The molecule has 2 rings (SSSR count). The topological polar surface area (TPSA) is 83.6 Å². The van der Waals surface area contributed by atoms with Gasteiger partial charge in [0, 0.05) is 32.1 Å². The maximum absolute atomic E-state index is 12.6. The van der Waals surface area contributed by atoms with E-state index in [4.69, 9.17) is 0 Å². The van der Waals surface area contributed by atoms with Gasteiger partial charge in [-0.3, -0.25) is 9.59 Å². The molecule has 6 nitrogen and oxygen atoms in total. The highest BCUT2D eigenvalue weighted by atomic mass is 32.2. The van der Waals surface area contributed by atoms with Crippen LogP contribution >= 0.6 is 0 Å². The standard InChI is InChI=1S/C21H32N2O4S/c1-4-6-7-17(5-2)15-22-21(25)11-13-28(26,27)19-8-9-20-18(14-19)10-12-23(20)16(3)24/h8-9,14,17H,4-7,10-13,15H2,1-3H3,(H,22,25)/t17-/m1/s1. The highest BCUT2D eigenvalue weighted by molar-refractivity contribution is 7.91. The van der Waals surface area contributed by atoms with Crippen LogP contribution in [0.5, 0.6) is 0 Å². The summed E-state index contributed by atoms with van der Waals surface area (Å²) in [5.74, 6) is -0.0287. The van der Waals surface area contributed by atoms with Gasteiger partial charge in [-0.15, -0.1) is 0 Å². The molecular weight excluding hydrogens is 376 g/mol. The minimum absolute atomic E-state index is 0.0385. The van der Waals surface area contributed by atoms with Crippen molar-refractivity contribution in [1.29, 1.82) is 0 Å². The molecule has 1 aliphatic heterocycles. The maximum atomic E-state index is 12.6. The number of anilines is 1. The number of unbranched alkanes of at least 4 members (excludes halogenated alkanes) is 1. The van der Waals surface area contributed by atoms with E-state index in [0.29, 0.717) is 25.4 Å². The molecule has 0 bridgehead atoms. The number of carbonyl (C=O) groups excluding carboxylic acids is 2. The Morgan fingerprint density at radius 3 is 2.64 bits per heavy atom. The fourth-order valence-electron chi connectivity index (χ4n) is 3.53. The number of amides is 2. The zero-order valence-electron chi connectivity index (χ0n) is 17.2. The first-order valence-electron chi connectivity index (χ1n) is 10.2. The van der Waals surface area contributed by atoms with Crippen molar-refractivity contribution in [2.75, 3.05) is 23.7 Å². The molecule has 2 amide bonds. The monoisotopic (exact) mass is 408 g/mol. The van der Waals surface area contributed by atoms with Crippen LogP contribution in [0.25, 0.3) is 0 Å². The summed E-state index contributed by atoms with van der Waals surface area (Å²) < 4.78 is 25.3. The first kappa shape index (κ1) is 22.4. The number of benzene rings is 1. The second kappa shape index (κ2) is 10.0. The highest BCUT2D eigenvalue weighted by Gasteiger charge is 2.25. The summed E-state index contributed by atoms with van der Waals surface area (Å²) >= 11 is 0. The van der Waals surface area contributed by atoms with Gasteiger partial charge in [-0.2, -0.15) is 0 Å². The molecule has 0 spiro atoms. The number of hydrogen-bond donors (Lipinski definition) is 1. The predicted molar refractivity (Wildman–Crippen MR) is 111 cm³/mol. The Bertz CT molecular complexity index is 805. The molecule has 0 radical (unpaired) electrons. The van der Waals surface area contributed by atoms with Crippen LogP contribution in [-0.4, -0.2) is 39.1 Å². The minimum Gasteiger partial charge on any atom is -0.356 e. The Labute approximate surface area is 168 Å². The zero-order chi connectivity index (χ0) is 20.7. The molecule has 1 aliphatic rings. The first-order valence-corrected chi connectivity index (χ1v) is 11.8. The Kier molecular flexibility index (Phi) is 8.04. The van der Waals surface area contributed by atoms with E-state index < -0.39 is 9.84 Å². The molecule has 7 heteroatoms. The molecule has 1 aromatic rings. The molecule has 28 heavy (non-hydrogen) atoms. The molecule has 1 N–H and O–H groups in total. The van der Waals surface area contributed by atoms with Crippen molar-refractivity contribution in [3.8, 4) is 0 Å². The van der Waals surface area contributed by atoms with Crippen LogP contribution in [0.2, 0.25) is 0 Å². The second-order valence-corrected chi connectivity index (χ2v) is 9.61. The van der Waals surface area contributed by atoms with Gasteiger partial charge < -0.3 is 10.2 Å². The van der Waals surface area contributed by atoms with Crippen LogP contribution in [0.1, 0.15) is 58.4 Å². The lowest BCUT2D eigenvalue weighted by atomic mass is 9.99. The largest absolute Gasteiger partial charge is 0.356 e. The van der Waals surface area contributed by atoms with Crippen molar-refractivity contribution in [2.24, 2.45) is 5.92 Å². The Morgan fingerprint density at radius 2 is 2.00 bits per heavy atom. The molecule has 0 aliphatic carbocycles. The highest BCUT2D eigenvalue weighted by Crippen LogP contribution is 2.30. The van der Waals surface area contributed by atoms with E-state index in [2.05, 4.69) is 19.2 Å². The molecule has 1 heterocycles. The maximum Gasteiger partial charge on any atom is 0.223 e. The van der Waals surface area contributed by atoms with Crippen molar-refractivity contribution in [3.63, 3.8) is 0 Å². The fraction of sp³-hybridized carbons (Fsp3) is 0.619. The van der Waals surface area contributed by atoms with Gasteiger partial charge in [0.2, 0.25) is 11.8 Å². The van der Waals surface area contributed by atoms with Gasteiger partial charge in [-0.1, -0.05) is 33.1 Å². The van der Waals surface area contributed by atoms with Crippen LogP contribution in [0.4, 0.5) is 5.69 Å². The van der Waals surface area contributed by atoms with Crippen molar-refractivity contribution in [3.05, 3.63) is 23.8 Å². The van der Waals surface area contributed by atoms with Gasteiger partial charge in [0.05, 0.1) is 10.6 Å². The van der Waals surface area contributed by atoms with Gasteiger partial charge >= 0.3 is 0 Å². The van der Waals surface area contributed by atoms with Crippen LogP contribution in [0.15, 0.2) is 23.1 Å². The van der Waals surface area contributed by atoms with Gasteiger partial charge in [0.15, 0.2) is 9.84 Å². The number of rotatable bonds is 10. The average molecular weight is 409 g/mol. The van der Waals surface area contributed by atoms with E-state index in [9.17, 15) is 18.0 Å². The van der Waals surface area contributed by atoms with Crippen molar-refractivity contribution >= 4 is 27.3 Å². The Hall–Kier alpha value is -1.89. The first-order chi connectivity index (χ1) is 13.3. The number of hydrogen-bond acceptors (Lipinski definition) is 4. The van der Waals surface area contributed by atoms with Crippen LogP contribution < -0.4 is 10.2 Å². The normalized spacial score (nSPS) is 14.6. The third-order valence-electron chi connectivity index (χ3n) is 5.41. The van der Waals surface area contributed by atoms with Crippen LogP contribution in [0, 0.1) is 5.92 Å². The van der Waals surface area contributed by atoms with Gasteiger partial charge in [0.1, 0.15) is 0 Å². The number of nitrogens with zero attached hydrogens (tertiary/aromatic N) is 1. The molecule has 156 valence electrons. The van der Waals surface area contributed by atoms with E-state index in [1.807, 2.05) is 0 Å². The van der Waals surface area contributed by atoms with Gasteiger partial charge in [-0.05, 0) is 42.5 Å².